The highest BCUT2D eigenvalue weighted by Crippen LogP contribution is 2.10. The van der Waals surface area contributed by atoms with E-state index in [4.69, 9.17) is 4.84 Å². The molecule has 1 aromatic heterocycles. The van der Waals surface area contributed by atoms with Crippen LogP contribution in [0.2, 0.25) is 0 Å². The van der Waals surface area contributed by atoms with E-state index in [0.29, 0.717) is 6.61 Å². The van der Waals surface area contributed by atoms with Gasteiger partial charge in [-0.05, 0) is 12.1 Å². The number of nitrogens with zero attached hydrogens (tertiary/aromatic N) is 2. The molecule has 21 heavy (non-hydrogen) atoms. The molecule has 1 heterocycles. The van der Waals surface area contributed by atoms with Gasteiger partial charge in [0.05, 0.1) is 20.6 Å². The van der Waals surface area contributed by atoms with Crippen molar-refractivity contribution >= 4 is 5.71 Å². The van der Waals surface area contributed by atoms with Crippen molar-refractivity contribution < 1.29 is 9.74 Å². The predicted molar refractivity (Wildman–Crippen MR) is 84.6 cm³/mol. The number of hydrogen-bond acceptors (Lipinski definition) is 3. The van der Waals surface area contributed by atoms with Crippen LogP contribution >= 0.6 is 0 Å². The van der Waals surface area contributed by atoms with Crippen LogP contribution in [0.3, 0.4) is 0 Å². The summed E-state index contributed by atoms with van der Waals surface area (Å²) in [5.41, 5.74) is 2.89. The molecule has 2 rings (SSSR count). The number of hydrogen-bond donors (Lipinski definition) is 1. The van der Waals surface area contributed by atoms with Gasteiger partial charge in [0.15, 0.2) is 0 Å². The number of aromatic nitrogens is 1. The van der Waals surface area contributed by atoms with Gasteiger partial charge in [0, 0.05) is 29.9 Å². The Kier molecular flexibility index (Phi) is 5.91. The van der Waals surface area contributed by atoms with Crippen LogP contribution in [0.25, 0.3) is 0 Å². The lowest BCUT2D eigenvalue weighted by atomic mass is 10.0. The van der Waals surface area contributed by atoms with Gasteiger partial charge in [-0.2, -0.15) is 0 Å². The molecular formula is C17H22N3O+. The van der Waals surface area contributed by atoms with Crippen molar-refractivity contribution in [3.63, 3.8) is 0 Å². The minimum Gasteiger partial charge on any atom is -0.395 e. The largest absolute Gasteiger partial charge is 0.395 e. The monoisotopic (exact) mass is 284 g/mol. The zero-order valence-corrected chi connectivity index (χ0v) is 12.6. The summed E-state index contributed by atoms with van der Waals surface area (Å²) in [6.07, 6.45) is 4.52. The highest BCUT2D eigenvalue weighted by molar-refractivity contribution is 6.12. The Labute approximate surface area is 126 Å². The fraction of sp³-hybridized carbons (Fsp3) is 0.294. The quantitative estimate of drug-likeness (QED) is 0.474. The third kappa shape index (κ3) is 5.00. The van der Waals surface area contributed by atoms with Crippen LogP contribution in [0, 0.1) is 0 Å². The molecule has 1 N–H and O–H groups in total. The Balaban J connectivity index is 2.10. The minimum absolute atomic E-state index is 0.632. The molecule has 2 aromatic rings. The summed E-state index contributed by atoms with van der Waals surface area (Å²) in [5, 5.41) is 4.34. The lowest BCUT2D eigenvalue weighted by Gasteiger charge is -2.08. The van der Waals surface area contributed by atoms with Crippen molar-refractivity contribution in [1.29, 1.82) is 0 Å². The van der Waals surface area contributed by atoms with Gasteiger partial charge in [-0.1, -0.05) is 35.5 Å². The molecule has 0 aliphatic carbocycles. The standard InChI is InChI=1S/C17H21N3O/c1-20(2)13-6-14-21-19-17(15-7-4-3-5-8-15)16-9-11-18-12-10-16/h3-5,7-12H,6,13-14H2,1-2H3/p+1. The Hall–Kier alpha value is -2.20. The van der Waals surface area contributed by atoms with E-state index in [2.05, 4.69) is 24.2 Å². The highest BCUT2D eigenvalue weighted by atomic mass is 16.6. The first-order chi connectivity index (χ1) is 10.3. The molecule has 110 valence electrons. The van der Waals surface area contributed by atoms with Crippen LogP contribution < -0.4 is 4.90 Å². The summed E-state index contributed by atoms with van der Waals surface area (Å²) in [6.45, 7) is 1.71. The molecule has 0 radical (unpaired) electrons. The number of rotatable bonds is 7. The van der Waals surface area contributed by atoms with Gasteiger partial charge >= 0.3 is 0 Å². The van der Waals surface area contributed by atoms with E-state index in [1.807, 2.05) is 42.5 Å². The lowest BCUT2D eigenvalue weighted by molar-refractivity contribution is -0.858. The van der Waals surface area contributed by atoms with Gasteiger partial charge in [-0.15, -0.1) is 0 Å². The average Bonchev–Trinajstić information content (AvgIpc) is 2.52. The zero-order valence-electron chi connectivity index (χ0n) is 12.6. The van der Waals surface area contributed by atoms with E-state index < -0.39 is 0 Å². The second-order valence-electron chi connectivity index (χ2n) is 5.19. The first kappa shape index (κ1) is 15.2. The topological polar surface area (TPSA) is 38.9 Å². The first-order valence-electron chi connectivity index (χ1n) is 7.22. The zero-order chi connectivity index (χ0) is 14.9. The van der Waals surface area contributed by atoms with Gasteiger partial charge in [-0.25, -0.2) is 0 Å². The van der Waals surface area contributed by atoms with E-state index in [-0.39, 0.29) is 0 Å². The molecule has 4 heteroatoms. The molecular weight excluding hydrogens is 262 g/mol. The molecule has 1 aromatic carbocycles. The van der Waals surface area contributed by atoms with E-state index in [1.54, 1.807) is 12.4 Å². The molecule has 0 aliphatic rings. The van der Waals surface area contributed by atoms with E-state index in [0.717, 1.165) is 29.8 Å². The van der Waals surface area contributed by atoms with Crippen LogP contribution in [-0.4, -0.2) is 37.9 Å². The number of oxime groups is 1. The molecule has 4 nitrogen and oxygen atoms in total. The Morgan fingerprint density at radius 2 is 1.71 bits per heavy atom. The molecule has 0 saturated heterocycles. The summed E-state index contributed by atoms with van der Waals surface area (Å²) in [5.74, 6) is 0. The summed E-state index contributed by atoms with van der Waals surface area (Å²) >= 11 is 0. The molecule has 0 saturated carbocycles. The summed E-state index contributed by atoms with van der Waals surface area (Å²) < 4.78 is 0. The van der Waals surface area contributed by atoms with Crippen LogP contribution in [0.4, 0.5) is 0 Å². The van der Waals surface area contributed by atoms with Crippen LogP contribution in [0.5, 0.6) is 0 Å². The average molecular weight is 284 g/mol. The van der Waals surface area contributed by atoms with E-state index >= 15 is 0 Å². The summed E-state index contributed by atoms with van der Waals surface area (Å²) in [7, 11) is 4.27. The smallest absolute Gasteiger partial charge is 0.122 e. The third-order valence-electron chi connectivity index (χ3n) is 3.07. The molecule has 0 spiro atoms. The second-order valence-corrected chi connectivity index (χ2v) is 5.19. The first-order valence-corrected chi connectivity index (χ1v) is 7.22. The molecule has 0 fully saturated rings. The molecule has 0 bridgehead atoms. The van der Waals surface area contributed by atoms with Crippen molar-refractivity contribution in [1.82, 2.24) is 4.98 Å². The van der Waals surface area contributed by atoms with Gasteiger partial charge in [-0.3, -0.25) is 4.98 Å². The Bertz CT molecular complexity index is 511. The van der Waals surface area contributed by atoms with Gasteiger partial charge in [0.2, 0.25) is 0 Å². The fourth-order valence-corrected chi connectivity index (χ4v) is 1.98. The Morgan fingerprint density at radius 3 is 2.38 bits per heavy atom. The van der Waals surface area contributed by atoms with Crippen molar-refractivity contribution in [2.75, 3.05) is 27.2 Å². The number of benzene rings is 1. The normalized spacial score (nSPS) is 11.7. The lowest BCUT2D eigenvalue weighted by Crippen LogP contribution is -3.05. The minimum atomic E-state index is 0.632. The summed E-state index contributed by atoms with van der Waals surface area (Å²) in [4.78, 5) is 11.0. The maximum absolute atomic E-state index is 5.51. The number of quaternary nitrogens is 1. The van der Waals surface area contributed by atoms with E-state index in [1.165, 1.54) is 4.90 Å². The fourth-order valence-electron chi connectivity index (χ4n) is 1.98. The van der Waals surface area contributed by atoms with Crippen molar-refractivity contribution in [2.24, 2.45) is 5.16 Å². The second kappa shape index (κ2) is 8.17. The molecule has 0 atom stereocenters. The maximum Gasteiger partial charge on any atom is 0.122 e. The highest BCUT2D eigenvalue weighted by Gasteiger charge is 2.07. The van der Waals surface area contributed by atoms with Crippen molar-refractivity contribution in [3.05, 3.63) is 66.0 Å². The van der Waals surface area contributed by atoms with Crippen LogP contribution in [0.15, 0.2) is 60.0 Å². The molecule has 0 aliphatic heterocycles. The van der Waals surface area contributed by atoms with Crippen LogP contribution in [-0.2, 0) is 4.84 Å². The van der Waals surface area contributed by atoms with Crippen molar-refractivity contribution in [3.8, 4) is 0 Å². The SMILES string of the molecule is C[NH+](C)CCCON=C(c1ccccc1)c1ccncc1. The summed E-state index contributed by atoms with van der Waals surface area (Å²) in [6, 6.07) is 14.0. The molecule has 0 amide bonds. The van der Waals surface area contributed by atoms with Crippen LogP contribution in [0.1, 0.15) is 17.5 Å². The molecule has 0 unspecified atom stereocenters. The number of pyridine rings is 1. The van der Waals surface area contributed by atoms with Gasteiger partial charge in [0.1, 0.15) is 12.3 Å². The number of nitrogens with one attached hydrogen (secondary N) is 1. The Morgan fingerprint density at radius 1 is 1.05 bits per heavy atom. The van der Waals surface area contributed by atoms with Crippen molar-refractivity contribution in [2.45, 2.75) is 6.42 Å². The van der Waals surface area contributed by atoms with Gasteiger partial charge < -0.3 is 9.74 Å². The predicted octanol–water partition coefficient (Wildman–Crippen LogP) is 1.39. The maximum atomic E-state index is 5.51. The van der Waals surface area contributed by atoms with E-state index in [9.17, 15) is 0 Å². The third-order valence-corrected chi connectivity index (χ3v) is 3.07. The van der Waals surface area contributed by atoms with Gasteiger partial charge in [0.25, 0.3) is 0 Å².